The van der Waals surface area contributed by atoms with Gasteiger partial charge in [-0.15, -0.1) is 11.3 Å². The van der Waals surface area contributed by atoms with Crippen LogP contribution < -0.4 is 15.2 Å². The van der Waals surface area contributed by atoms with E-state index in [1.165, 1.54) is 11.3 Å². The third-order valence-corrected chi connectivity index (χ3v) is 4.74. The lowest BCUT2D eigenvalue weighted by molar-refractivity contribution is 0.354. The summed E-state index contributed by atoms with van der Waals surface area (Å²) in [7, 11) is 3.20. The average Bonchev–Trinajstić information content (AvgIpc) is 2.84. The summed E-state index contributed by atoms with van der Waals surface area (Å²) in [6.45, 7) is 0. The number of halogens is 2. The van der Waals surface area contributed by atoms with Crippen LogP contribution in [0.4, 0.5) is 0 Å². The molecule has 2 rings (SSSR count). The number of ether oxygens (including phenoxy) is 2. The van der Waals surface area contributed by atoms with Crippen LogP contribution in [0.15, 0.2) is 28.7 Å². The van der Waals surface area contributed by atoms with Crippen LogP contribution in [-0.4, -0.2) is 14.2 Å². The Morgan fingerprint density at radius 2 is 1.84 bits per heavy atom. The minimum Gasteiger partial charge on any atom is -0.493 e. The maximum Gasteiger partial charge on any atom is 0.161 e. The van der Waals surface area contributed by atoms with E-state index in [9.17, 15) is 0 Å². The van der Waals surface area contributed by atoms with Crippen molar-refractivity contribution in [1.29, 1.82) is 0 Å². The molecule has 0 radical (unpaired) electrons. The van der Waals surface area contributed by atoms with Gasteiger partial charge in [-0.25, -0.2) is 0 Å². The molecule has 0 spiro atoms. The first-order valence-electron chi connectivity index (χ1n) is 5.49. The third-order valence-electron chi connectivity index (χ3n) is 2.74. The van der Waals surface area contributed by atoms with E-state index < -0.39 is 0 Å². The SMILES string of the molecule is COc1cc(Br)c(C(N)c2ccc(Cl)s2)cc1OC. The van der Waals surface area contributed by atoms with Gasteiger partial charge in [-0.05, 0) is 29.8 Å². The molecule has 0 amide bonds. The first-order valence-corrected chi connectivity index (χ1v) is 7.47. The summed E-state index contributed by atoms with van der Waals surface area (Å²) in [5.74, 6) is 1.31. The summed E-state index contributed by atoms with van der Waals surface area (Å²) < 4.78 is 12.1. The first kappa shape index (κ1) is 14.7. The number of methoxy groups -OCH3 is 2. The van der Waals surface area contributed by atoms with Gasteiger partial charge in [-0.2, -0.15) is 0 Å². The van der Waals surface area contributed by atoms with Crippen LogP contribution in [-0.2, 0) is 0 Å². The largest absolute Gasteiger partial charge is 0.493 e. The van der Waals surface area contributed by atoms with Gasteiger partial charge < -0.3 is 15.2 Å². The predicted molar refractivity (Wildman–Crippen MR) is 82.6 cm³/mol. The molecule has 1 unspecified atom stereocenters. The van der Waals surface area contributed by atoms with Gasteiger partial charge in [-0.1, -0.05) is 27.5 Å². The second-order valence-corrected chi connectivity index (χ2v) is 6.45. The van der Waals surface area contributed by atoms with Crippen LogP contribution in [0.2, 0.25) is 4.34 Å². The topological polar surface area (TPSA) is 44.5 Å². The highest BCUT2D eigenvalue weighted by molar-refractivity contribution is 9.10. The summed E-state index contributed by atoms with van der Waals surface area (Å²) in [6, 6.07) is 7.24. The Bertz CT molecular complexity index is 588. The van der Waals surface area contributed by atoms with Crippen LogP contribution in [0.3, 0.4) is 0 Å². The molecule has 0 aliphatic carbocycles. The van der Waals surface area contributed by atoms with E-state index in [0.717, 1.165) is 19.2 Å². The van der Waals surface area contributed by atoms with Gasteiger partial charge in [-0.3, -0.25) is 0 Å². The second-order valence-electron chi connectivity index (χ2n) is 3.85. The minimum atomic E-state index is -0.258. The van der Waals surface area contributed by atoms with Crippen LogP contribution >= 0.6 is 38.9 Å². The van der Waals surface area contributed by atoms with Crippen molar-refractivity contribution in [2.75, 3.05) is 14.2 Å². The number of rotatable bonds is 4. The number of nitrogens with two attached hydrogens (primary N) is 1. The fourth-order valence-electron chi connectivity index (χ4n) is 1.76. The maximum atomic E-state index is 6.27. The van der Waals surface area contributed by atoms with Crippen molar-refractivity contribution < 1.29 is 9.47 Å². The molecule has 1 aromatic carbocycles. The Morgan fingerprint density at radius 1 is 1.21 bits per heavy atom. The van der Waals surface area contributed by atoms with Gasteiger partial charge in [0.15, 0.2) is 11.5 Å². The van der Waals surface area contributed by atoms with E-state index in [4.69, 9.17) is 26.8 Å². The zero-order valence-electron chi connectivity index (χ0n) is 10.4. The molecular formula is C13H13BrClNO2S. The van der Waals surface area contributed by atoms with Crippen LogP contribution in [0.1, 0.15) is 16.5 Å². The van der Waals surface area contributed by atoms with Crippen LogP contribution in [0.5, 0.6) is 11.5 Å². The molecular weight excluding hydrogens is 350 g/mol. The molecule has 1 heterocycles. The molecule has 2 N–H and O–H groups in total. The zero-order chi connectivity index (χ0) is 14.0. The Labute approximate surface area is 129 Å². The molecule has 6 heteroatoms. The molecule has 0 saturated heterocycles. The highest BCUT2D eigenvalue weighted by Gasteiger charge is 2.18. The van der Waals surface area contributed by atoms with Crippen molar-refractivity contribution in [2.45, 2.75) is 6.04 Å². The van der Waals surface area contributed by atoms with Crippen molar-refractivity contribution >= 4 is 38.9 Å². The quantitative estimate of drug-likeness (QED) is 0.885. The van der Waals surface area contributed by atoms with E-state index in [-0.39, 0.29) is 6.04 Å². The normalized spacial score (nSPS) is 12.3. The van der Waals surface area contributed by atoms with Gasteiger partial charge in [0.05, 0.1) is 24.6 Å². The molecule has 2 aromatic rings. The van der Waals surface area contributed by atoms with Crippen molar-refractivity contribution in [2.24, 2.45) is 5.73 Å². The average molecular weight is 363 g/mol. The maximum absolute atomic E-state index is 6.27. The predicted octanol–water partition coefficient (Wildman–Crippen LogP) is 4.23. The Balaban J connectivity index is 2.44. The van der Waals surface area contributed by atoms with Gasteiger partial charge in [0, 0.05) is 9.35 Å². The zero-order valence-corrected chi connectivity index (χ0v) is 13.6. The summed E-state index contributed by atoms with van der Waals surface area (Å²) in [6.07, 6.45) is 0. The van der Waals surface area contributed by atoms with E-state index in [1.807, 2.05) is 24.3 Å². The van der Waals surface area contributed by atoms with E-state index >= 15 is 0 Å². The second kappa shape index (κ2) is 6.13. The van der Waals surface area contributed by atoms with E-state index in [2.05, 4.69) is 15.9 Å². The summed E-state index contributed by atoms with van der Waals surface area (Å²) in [4.78, 5) is 0.998. The van der Waals surface area contributed by atoms with Gasteiger partial charge >= 0.3 is 0 Å². The number of thiophene rings is 1. The highest BCUT2D eigenvalue weighted by atomic mass is 79.9. The Kier molecular flexibility index (Phi) is 4.73. The lowest BCUT2D eigenvalue weighted by atomic mass is 10.1. The molecule has 19 heavy (non-hydrogen) atoms. The molecule has 0 aliphatic heterocycles. The summed E-state index contributed by atoms with van der Waals surface area (Å²) in [5, 5.41) is 0. The van der Waals surface area contributed by atoms with Gasteiger partial charge in [0.2, 0.25) is 0 Å². The van der Waals surface area contributed by atoms with E-state index in [0.29, 0.717) is 11.5 Å². The summed E-state index contributed by atoms with van der Waals surface area (Å²) >= 11 is 10.9. The standard InChI is InChI=1S/C13H13BrClNO2S/c1-17-9-5-7(8(14)6-10(9)18-2)13(16)11-3-4-12(15)19-11/h3-6,13H,16H2,1-2H3. The third kappa shape index (κ3) is 3.05. The lowest BCUT2D eigenvalue weighted by Gasteiger charge is -2.16. The van der Waals surface area contributed by atoms with Crippen molar-refractivity contribution in [1.82, 2.24) is 0 Å². The Hall–Kier alpha value is -0.750. The molecule has 1 aromatic heterocycles. The minimum absolute atomic E-state index is 0.258. The molecule has 0 bridgehead atoms. The molecule has 0 fully saturated rings. The lowest BCUT2D eigenvalue weighted by Crippen LogP contribution is -2.11. The smallest absolute Gasteiger partial charge is 0.161 e. The van der Waals surface area contributed by atoms with Crippen molar-refractivity contribution in [3.05, 3.63) is 43.5 Å². The van der Waals surface area contributed by atoms with E-state index in [1.54, 1.807) is 14.2 Å². The van der Waals surface area contributed by atoms with Crippen LogP contribution in [0, 0.1) is 0 Å². The first-order chi connectivity index (χ1) is 9.06. The Morgan fingerprint density at radius 3 is 2.37 bits per heavy atom. The molecule has 1 atom stereocenters. The number of benzene rings is 1. The molecule has 102 valence electrons. The van der Waals surface area contributed by atoms with Gasteiger partial charge in [0.25, 0.3) is 0 Å². The fourth-order valence-corrected chi connectivity index (χ4v) is 3.41. The van der Waals surface area contributed by atoms with Crippen LogP contribution in [0.25, 0.3) is 0 Å². The van der Waals surface area contributed by atoms with Crippen molar-refractivity contribution in [3.8, 4) is 11.5 Å². The number of hydrogen-bond donors (Lipinski definition) is 1. The number of hydrogen-bond acceptors (Lipinski definition) is 4. The monoisotopic (exact) mass is 361 g/mol. The highest BCUT2D eigenvalue weighted by Crippen LogP contribution is 2.38. The molecule has 3 nitrogen and oxygen atoms in total. The molecule has 0 aliphatic rings. The molecule has 0 saturated carbocycles. The fraction of sp³-hybridized carbons (Fsp3) is 0.231. The summed E-state index contributed by atoms with van der Waals surface area (Å²) in [5.41, 5.74) is 7.20. The van der Waals surface area contributed by atoms with Crippen molar-refractivity contribution in [3.63, 3.8) is 0 Å². The van der Waals surface area contributed by atoms with Gasteiger partial charge in [0.1, 0.15) is 0 Å².